The van der Waals surface area contributed by atoms with Crippen molar-refractivity contribution in [3.63, 3.8) is 0 Å². The summed E-state index contributed by atoms with van der Waals surface area (Å²) in [5, 5.41) is 9.56. The fraction of sp³-hybridized carbons (Fsp3) is 0.531. The molecule has 2 aliphatic heterocycles. The van der Waals surface area contributed by atoms with E-state index in [0.29, 0.717) is 26.3 Å². The Balaban J connectivity index is 1.72. The molecule has 2 heterocycles. The van der Waals surface area contributed by atoms with Crippen molar-refractivity contribution in [1.82, 2.24) is 9.80 Å². The average molecular weight is 636 g/mol. The fourth-order valence-corrected chi connectivity index (χ4v) is 5.94. The van der Waals surface area contributed by atoms with Gasteiger partial charge in [0, 0.05) is 38.2 Å². The van der Waals surface area contributed by atoms with Gasteiger partial charge in [-0.15, -0.1) is 0 Å². The predicted octanol–water partition coefficient (Wildman–Crippen LogP) is 5.28. The molecule has 0 aliphatic carbocycles. The van der Waals surface area contributed by atoms with Crippen molar-refractivity contribution in [3.05, 3.63) is 64.2 Å². The molecule has 45 heavy (non-hydrogen) atoms. The van der Waals surface area contributed by atoms with E-state index in [9.17, 15) is 32.7 Å². The fourth-order valence-electron chi connectivity index (χ4n) is 5.94. The van der Waals surface area contributed by atoms with E-state index in [4.69, 9.17) is 19.9 Å². The molecular weight excluding hydrogens is 595 g/mol. The quantitative estimate of drug-likeness (QED) is 0.401. The van der Waals surface area contributed by atoms with Gasteiger partial charge in [0.25, 0.3) is 5.91 Å². The number of carboxylic acids is 1. The molecule has 0 bridgehead atoms. The van der Waals surface area contributed by atoms with Crippen molar-refractivity contribution in [2.75, 3.05) is 32.8 Å². The van der Waals surface area contributed by atoms with E-state index in [-0.39, 0.29) is 52.5 Å². The molecule has 0 aromatic heterocycles. The number of alkyl halides is 3. The number of carboxylic acid groups (broad SMARTS) is 1. The summed E-state index contributed by atoms with van der Waals surface area (Å²) in [6.07, 6.45) is -5.35. The molecule has 0 saturated carbocycles. The van der Waals surface area contributed by atoms with Gasteiger partial charge in [0.1, 0.15) is 17.5 Å². The Morgan fingerprint density at radius 3 is 2.40 bits per heavy atom. The summed E-state index contributed by atoms with van der Waals surface area (Å²) in [5.41, 5.74) is 4.12. The molecule has 2 saturated heterocycles. The van der Waals surface area contributed by atoms with Crippen molar-refractivity contribution in [2.24, 2.45) is 11.7 Å². The van der Waals surface area contributed by atoms with E-state index in [1.54, 1.807) is 25.7 Å². The van der Waals surface area contributed by atoms with Gasteiger partial charge >= 0.3 is 18.2 Å². The van der Waals surface area contributed by atoms with Gasteiger partial charge in [-0.2, -0.15) is 13.2 Å². The monoisotopic (exact) mass is 635 g/mol. The smallest absolute Gasteiger partial charge is 0.416 e. The van der Waals surface area contributed by atoms with Crippen molar-refractivity contribution in [3.8, 4) is 5.75 Å². The van der Waals surface area contributed by atoms with Crippen LogP contribution in [0, 0.1) is 12.8 Å². The summed E-state index contributed by atoms with van der Waals surface area (Å²) in [5.74, 6) is -2.25. The molecule has 2 aromatic rings. The van der Waals surface area contributed by atoms with Crippen LogP contribution in [-0.2, 0) is 15.7 Å². The van der Waals surface area contributed by atoms with Crippen LogP contribution < -0.4 is 10.5 Å². The number of ether oxygens (including phenoxy) is 3. The molecule has 2 amide bonds. The van der Waals surface area contributed by atoms with Crippen molar-refractivity contribution in [2.45, 2.75) is 71.0 Å². The SMILES string of the molecule is Cc1cc(O[C@H](CN2CC(C3CCOC3)N(C(=O)OC(C)(C)C)[C@H](C)C2)c2cccc(C(F)(F)F)c2)c(C(N)=O)cc1C(=O)O. The van der Waals surface area contributed by atoms with Crippen molar-refractivity contribution >= 4 is 18.0 Å². The van der Waals surface area contributed by atoms with E-state index in [1.165, 1.54) is 25.1 Å². The number of carbonyl (C=O) groups excluding carboxylic acids is 2. The lowest BCUT2D eigenvalue weighted by Crippen LogP contribution is -2.63. The standard InChI is InChI=1S/C32H40F3N3O7/c1-18-11-26(24(28(36)39)13-23(18)29(40)41)44-27(20-7-6-8-22(12-20)32(33,34)35)16-37-14-19(2)38(30(42)45-31(3,4)5)25(15-37)21-9-10-43-17-21/h6-8,11-13,19,21,25,27H,9-10,14-17H2,1-5H3,(H2,36,39)(H,40,41)/t19-,21?,25?,27-/m1/s1. The topological polar surface area (TPSA) is 132 Å². The zero-order valence-corrected chi connectivity index (χ0v) is 26.0. The number of hydrogen-bond donors (Lipinski definition) is 2. The predicted molar refractivity (Wildman–Crippen MR) is 158 cm³/mol. The first-order valence-corrected chi connectivity index (χ1v) is 14.8. The third kappa shape index (κ3) is 8.26. The number of aromatic carboxylic acids is 1. The maximum absolute atomic E-state index is 13.7. The summed E-state index contributed by atoms with van der Waals surface area (Å²) in [4.78, 5) is 41.2. The number of carbonyl (C=O) groups is 3. The highest BCUT2D eigenvalue weighted by Crippen LogP contribution is 2.35. The number of rotatable bonds is 8. The summed E-state index contributed by atoms with van der Waals surface area (Å²) in [6.45, 7) is 10.6. The van der Waals surface area contributed by atoms with Crippen molar-refractivity contribution < 1.29 is 46.9 Å². The second kappa shape index (κ2) is 13.3. The van der Waals surface area contributed by atoms with E-state index in [2.05, 4.69) is 0 Å². The highest BCUT2D eigenvalue weighted by Gasteiger charge is 2.43. The van der Waals surface area contributed by atoms with E-state index in [0.717, 1.165) is 24.6 Å². The summed E-state index contributed by atoms with van der Waals surface area (Å²) in [6, 6.07) is 6.58. The number of benzene rings is 2. The first-order valence-electron chi connectivity index (χ1n) is 14.8. The molecular formula is C32H40F3N3O7. The summed E-state index contributed by atoms with van der Waals surface area (Å²) in [7, 11) is 0. The first kappa shape index (κ1) is 34.0. The molecule has 4 rings (SSSR count). The number of halogens is 3. The zero-order chi connectivity index (χ0) is 33.3. The van der Waals surface area contributed by atoms with Gasteiger partial charge in [0.2, 0.25) is 0 Å². The lowest BCUT2D eigenvalue weighted by Gasteiger charge is -2.48. The lowest BCUT2D eigenvalue weighted by molar-refractivity contribution is -0.137. The van der Waals surface area contributed by atoms with Gasteiger partial charge in [-0.05, 0) is 76.4 Å². The zero-order valence-electron chi connectivity index (χ0n) is 26.0. The second-order valence-electron chi connectivity index (χ2n) is 12.7. The number of primary amides is 1. The molecule has 2 unspecified atom stereocenters. The van der Waals surface area contributed by atoms with Gasteiger partial charge in [-0.25, -0.2) is 9.59 Å². The van der Waals surface area contributed by atoms with Crippen LogP contribution in [0.1, 0.15) is 77.6 Å². The molecule has 3 N–H and O–H groups in total. The van der Waals surface area contributed by atoms with Crippen LogP contribution in [0.15, 0.2) is 36.4 Å². The van der Waals surface area contributed by atoms with Gasteiger partial charge in [-0.1, -0.05) is 12.1 Å². The molecule has 0 radical (unpaired) electrons. The number of nitrogens with zero attached hydrogens (tertiary/aromatic N) is 2. The largest absolute Gasteiger partial charge is 0.484 e. The normalized spacial score (nSPS) is 21.8. The molecule has 2 aromatic carbocycles. The highest BCUT2D eigenvalue weighted by molar-refractivity contribution is 5.99. The number of piperazine rings is 1. The number of amides is 2. The Hall–Kier alpha value is -3.84. The minimum atomic E-state index is -4.61. The first-order chi connectivity index (χ1) is 20.9. The average Bonchev–Trinajstić information content (AvgIpc) is 3.46. The minimum absolute atomic E-state index is 0.0170. The highest BCUT2D eigenvalue weighted by atomic mass is 19.4. The number of nitrogens with two attached hydrogens (primary N) is 1. The number of aryl methyl sites for hydroxylation is 1. The maximum Gasteiger partial charge on any atom is 0.416 e. The Bertz CT molecular complexity index is 1420. The van der Waals surface area contributed by atoms with Crippen LogP contribution in [0.3, 0.4) is 0 Å². The van der Waals surface area contributed by atoms with Gasteiger partial charge in [0.15, 0.2) is 0 Å². The van der Waals surface area contributed by atoms with Gasteiger partial charge in [-0.3, -0.25) is 14.6 Å². The molecule has 4 atom stereocenters. The summed E-state index contributed by atoms with van der Waals surface area (Å²) >= 11 is 0. The lowest BCUT2D eigenvalue weighted by atomic mass is 9.93. The minimum Gasteiger partial charge on any atom is -0.484 e. The Morgan fingerprint density at radius 2 is 1.82 bits per heavy atom. The second-order valence-corrected chi connectivity index (χ2v) is 12.7. The third-order valence-electron chi connectivity index (χ3n) is 8.01. The van der Waals surface area contributed by atoms with Gasteiger partial charge < -0.3 is 25.1 Å². The van der Waals surface area contributed by atoms with Crippen LogP contribution in [0.2, 0.25) is 0 Å². The molecule has 2 aliphatic rings. The van der Waals surface area contributed by atoms with Crippen LogP contribution in [0.5, 0.6) is 5.75 Å². The molecule has 13 heteroatoms. The van der Waals surface area contributed by atoms with E-state index in [1.807, 2.05) is 11.8 Å². The van der Waals surface area contributed by atoms with E-state index >= 15 is 0 Å². The van der Waals surface area contributed by atoms with Crippen LogP contribution in [-0.4, -0.2) is 83.4 Å². The Kier molecular flexibility index (Phi) is 10.0. The number of hydrogen-bond acceptors (Lipinski definition) is 7. The van der Waals surface area contributed by atoms with Crippen LogP contribution in [0.4, 0.5) is 18.0 Å². The molecule has 2 fully saturated rings. The van der Waals surface area contributed by atoms with E-state index < -0.39 is 41.4 Å². The molecule has 10 nitrogen and oxygen atoms in total. The van der Waals surface area contributed by atoms with Crippen molar-refractivity contribution in [1.29, 1.82) is 0 Å². The van der Waals surface area contributed by atoms with Gasteiger partial charge in [0.05, 0.1) is 29.3 Å². The maximum atomic E-state index is 13.7. The van der Waals surface area contributed by atoms with Crippen LogP contribution >= 0.6 is 0 Å². The Labute approximate surface area is 260 Å². The third-order valence-corrected chi connectivity index (χ3v) is 8.01. The Morgan fingerprint density at radius 1 is 1.11 bits per heavy atom. The summed E-state index contributed by atoms with van der Waals surface area (Å²) < 4.78 is 58.9. The van der Waals surface area contributed by atoms with Crippen LogP contribution in [0.25, 0.3) is 0 Å². The molecule has 246 valence electrons. The molecule has 0 spiro atoms.